The van der Waals surface area contributed by atoms with E-state index in [1.165, 1.54) is 6.33 Å². The number of ether oxygens (including phenoxy) is 4. The van der Waals surface area contributed by atoms with Gasteiger partial charge >= 0.3 is 0 Å². The van der Waals surface area contributed by atoms with Gasteiger partial charge in [-0.25, -0.2) is 15.0 Å². The summed E-state index contributed by atoms with van der Waals surface area (Å²) in [5.41, 5.74) is 4.29. The number of nitrogens with zero attached hydrogens (tertiary/aromatic N) is 4. The van der Waals surface area contributed by atoms with E-state index in [4.69, 9.17) is 28.9 Å². The van der Waals surface area contributed by atoms with Gasteiger partial charge in [-0.1, -0.05) is 146 Å². The summed E-state index contributed by atoms with van der Waals surface area (Å²) in [7, 11) is 3.28. The van der Waals surface area contributed by atoms with Crippen LogP contribution in [0, 0.1) is 0 Å². The SMILES string of the molecule is COc1ccc(C(Nc2ncnc3c2ncn3C2OC(COC(c3ccccc3)(c3ccccc3)c3ccc(OC)cc3)C(O)C2O)(c2ccccc2)c2ccccc2)cc1. The molecule has 3 N–H and O–H groups in total. The molecule has 6 aromatic carbocycles. The molecule has 1 saturated heterocycles. The quantitative estimate of drug-likeness (QED) is 0.0933. The number of imidazole rings is 1. The standard InChI is InChI=1S/C50H45N5O6/c1-58-40-27-23-36(24-28-40)49(34-15-7-3-8-16-34,35-17-9-4-10-18-35)54-46-43-47(52-32-51-46)55(33-53-43)48-45(57)44(56)42(61-48)31-60-50(37-19-11-5-12-20-37,38-21-13-6-14-22-38)39-25-29-41(59-2)30-26-39/h3-30,32-33,42,44-45,48,56-57H,31H2,1-2H3,(H,51,52,54). The highest BCUT2D eigenvalue weighted by Gasteiger charge is 2.47. The zero-order valence-electron chi connectivity index (χ0n) is 33.7. The number of benzene rings is 6. The lowest BCUT2D eigenvalue weighted by atomic mass is 9.77. The van der Waals surface area contributed by atoms with Gasteiger partial charge in [0, 0.05) is 0 Å². The lowest BCUT2D eigenvalue weighted by molar-refractivity contribution is -0.0942. The Kier molecular flexibility index (Phi) is 11.0. The summed E-state index contributed by atoms with van der Waals surface area (Å²) in [6, 6.07) is 55.9. The lowest BCUT2D eigenvalue weighted by Gasteiger charge is -2.37. The second kappa shape index (κ2) is 17.0. The summed E-state index contributed by atoms with van der Waals surface area (Å²) in [6.07, 6.45) is -1.60. The van der Waals surface area contributed by atoms with Crippen LogP contribution >= 0.6 is 0 Å². The Morgan fingerprint density at radius 1 is 0.574 bits per heavy atom. The van der Waals surface area contributed by atoms with E-state index in [-0.39, 0.29) is 6.61 Å². The first kappa shape index (κ1) is 39.6. The molecule has 61 heavy (non-hydrogen) atoms. The van der Waals surface area contributed by atoms with Gasteiger partial charge in [-0.15, -0.1) is 0 Å². The molecule has 306 valence electrons. The van der Waals surface area contributed by atoms with Crippen LogP contribution in [0.1, 0.15) is 39.6 Å². The van der Waals surface area contributed by atoms with Crippen molar-refractivity contribution in [2.24, 2.45) is 0 Å². The molecule has 1 aliphatic rings. The molecule has 0 amide bonds. The summed E-state index contributed by atoms with van der Waals surface area (Å²) in [5, 5.41) is 27.1. The fourth-order valence-corrected chi connectivity index (χ4v) is 8.47. The Bertz CT molecular complexity index is 2590. The van der Waals surface area contributed by atoms with Crippen molar-refractivity contribution in [3.05, 3.63) is 216 Å². The molecule has 11 heteroatoms. The van der Waals surface area contributed by atoms with E-state index in [0.717, 1.165) is 39.1 Å². The number of nitrogens with one attached hydrogen (secondary N) is 1. The van der Waals surface area contributed by atoms with Crippen molar-refractivity contribution in [1.29, 1.82) is 0 Å². The number of hydrogen-bond acceptors (Lipinski definition) is 10. The second-order valence-corrected chi connectivity index (χ2v) is 14.9. The number of rotatable bonds is 14. The van der Waals surface area contributed by atoms with Gasteiger partial charge in [-0.05, 0) is 57.6 Å². The van der Waals surface area contributed by atoms with E-state index >= 15 is 0 Å². The minimum absolute atomic E-state index is 0.0719. The summed E-state index contributed by atoms with van der Waals surface area (Å²) in [6.45, 7) is -0.0719. The van der Waals surface area contributed by atoms with Crippen LogP contribution in [-0.4, -0.2) is 68.9 Å². The third-order valence-corrected chi connectivity index (χ3v) is 11.5. The zero-order chi connectivity index (χ0) is 41.8. The molecule has 11 nitrogen and oxygen atoms in total. The topological polar surface area (TPSA) is 133 Å². The van der Waals surface area contributed by atoms with Crippen LogP contribution < -0.4 is 14.8 Å². The van der Waals surface area contributed by atoms with E-state index in [2.05, 4.69) is 34.6 Å². The molecule has 0 aliphatic carbocycles. The molecule has 4 unspecified atom stereocenters. The maximum absolute atomic E-state index is 11.7. The van der Waals surface area contributed by atoms with Gasteiger partial charge in [0.05, 0.1) is 27.2 Å². The molecular formula is C50H45N5O6. The van der Waals surface area contributed by atoms with Crippen LogP contribution in [0.15, 0.2) is 183 Å². The van der Waals surface area contributed by atoms with Crippen molar-refractivity contribution in [1.82, 2.24) is 19.5 Å². The maximum Gasteiger partial charge on any atom is 0.167 e. The smallest absolute Gasteiger partial charge is 0.167 e. The Morgan fingerprint density at radius 2 is 1.03 bits per heavy atom. The van der Waals surface area contributed by atoms with Crippen molar-refractivity contribution in [3.8, 4) is 11.5 Å². The monoisotopic (exact) mass is 811 g/mol. The van der Waals surface area contributed by atoms with Gasteiger partial charge in [0.15, 0.2) is 23.2 Å². The van der Waals surface area contributed by atoms with Crippen molar-refractivity contribution >= 4 is 17.0 Å². The molecule has 0 spiro atoms. The predicted octanol–water partition coefficient (Wildman–Crippen LogP) is 7.88. The first-order chi connectivity index (χ1) is 30.0. The molecular weight excluding hydrogens is 767 g/mol. The van der Waals surface area contributed by atoms with E-state index in [1.54, 1.807) is 25.1 Å². The lowest BCUT2D eigenvalue weighted by Crippen LogP contribution is -2.39. The molecule has 8 aromatic rings. The molecule has 9 rings (SSSR count). The van der Waals surface area contributed by atoms with Crippen LogP contribution in [0.2, 0.25) is 0 Å². The number of fused-ring (bicyclic) bond motifs is 1. The Labute approximate surface area is 353 Å². The number of methoxy groups -OCH3 is 2. The average Bonchev–Trinajstić information content (AvgIpc) is 3.89. The van der Waals surface area contributed by atoms with Crippen LogP contribution in [0.4, 0.5) is 5.82 Å². The van der Waals surface area contributed by atoms with Gasteiger partial charge in [0.25, 0.3) is 0 Å². The number of aliphatic hydroxyl groups excluding tert-OH is 2. The largest absolute Gasteiger partial charge is 0.497 e. The summed E-state index contributed by atoms with van der Waals surface area (Å²) >= 11 is 0. The number of hydrogen-bond donors (Lipinski definition) is 3. The molecule has 3 heterocycles. The minimum Gasteiger partial charge on any atom is -0.497 e. The zero-order valence-corrected chi connectivity index (χ0v) is 33.7. The van der Waals surface area contributed by atoms with Crippen LogP contribution in [0.3, 0.4) is 0 Å². The first-order valence-electron chi connectivity index (χ1n) is 20.1. The Balaban J connectivity index is 1.07. The summed E-state index contributed by atoms with van der Waals surface area (Å²) < 4.78 is 26.2. The highest BCUT2D eigenvalue weighted by atomic mass is 16.6. The third kappa shape index (κ3) is 7.17. The van der Waals surface area contributed by atoms with Crippen molar-refractivity contribution in [2.75, 3.05) is 26.1 Å². The van der Waals surface area contributed by atoms with Crippen LogP contribution in [0.5, 0.6) is 11.5 Å². The first-order valence-corrected chi connectivity index (χ1v) is 20.1. The van der Waals surface area contributed by atoms with E-state index in [1.807, 2.05) is 146 Å². The third-order valence-electron chi connectivity index (χ3n) is 11.5. The molecule has 0 saturated carbocycles. The van der Waals surface area contributed by atoms with Gasteiger partial charge in [0.1, 0.15) is 47.3 Å². The number of aromatic nitrogens is 4. The molecule has 0 radical (unpaired) electrons. The Morgan fingerprint density at radius 3 is 1.54 bits per heavy atom. The van der Waals surface area contributed by atoms with E-state index in [0.29, 0.717) is 22.7 Å². The summed E-state index contributed by atoms with van der Waals surface area (Å²) in [4.78, 5) is 14.2. The van der Waals surface area contributed by atoms with Crippen LogP contribution in [-0.2, 0) is 20.6 Å². The molecule has 2 aromatic heterocycles. The van der Waals surface area contributed by atoms with Crippen LogP contribution in [0.25, 0.3) is 11.2 Å². The highest BCUT2D eigenvalue weighted by molar-refractivity contribution is 5.84. The number of anilines is 1. The van der Waals surface area contributed by atoms with Crippen molar-refractivity contribution in [3.63, 3.8) is 0 Å². The fraction of sp³-hybridized carbons (Fsp3) is 0.180. The minimum atomic E-state index is -1.34. The van der Waals surface area contributed by atoms with Gasteiger partial charge in [-0.3, -0.25) is 4.57 Å². The molecule has 1 aliphatic heterocycles. The maximum atomic E-state index is 11.7. The second-order valence-electron chi connectivity index (χ2n) is 14.9. The molecule has 4 atom stereocenters. The fourth-order valence-electron chi connectivity index (χ4n) is 8.47. The molecule has 1 fully saturated rings. The number of aliphatic hydroxyl groups is 2. The van der Waals surface area contributed by atoms with E-state index in [9.17, 15) is 10.2 Å². The van der Waals surface area contributed by atoms with Crippen molar-refractivity contribution in [2.45, 2.75) is 35.7 Å². The van der Waals surface area contributed by atoms with Crippen molar-refractivity contribution < 1.29 is 29.2 Å². The summed E-state index contributed by atoms with van der Waals surface area (Å²) in [5.74, 6) is 1.89. The normalized spacial score (nSPS) is 17.9. The van der Waals surface area contributed by atoms with Gasteiger partial charge in [-0.2, -0.15) is 0 Å². The average molecular weight is 812 g/mol. The van der Waals surface area contributed by atoms with E-state index < -0.39 is 35.7 Å². The van der Waals surface area contributed by atoms with Gasteiger partial charge in [0.2, 0.25) is 0 Å². The van der Waals surface area contributed by atoms with Gasteiger partial charge < -0.3 is 34.5 Å². The highest BCUT2D eigenvalue weighted by Crippen LogP contribution is 2.44. The Hall–Kier alpha value is -6.89. The predicted molar refractivity (Wildman–Crippen MR) is 232 cm³/mol. The molecule has 0 bridgehead atoms.